The molecular weight excluding hydrogens is 273 g/mol. The first-order valence-electron chi connectivity index (χ1n) is 4.70. The van der Waals surface area contributed by atoms with E-state index in [1.807, 2.05) is 0 Å². The van der Waals surface area contributed by atoms with Gasteiger partial charge in [-0.2, -0.15) is 0 Å². The third-order valence-electron chi connectivity index (χ3n) is 2.35. The molecule has 0 amide bonds. The average molecular weight is 289 g/mol. The van der Waals surface area contributed by atoms with Crippen molar-refractivity contribution in [1.82, 2.24) is 0 Å². The predicted molar refractivity (Wildman–Crippen MR) is 65.7 cm³/mol. The topological polar surface area (TPSA) is 26.0 Å². The Labute approximate surface area is 93.9 Å². The van der Waals surface area contributed by atoms with E-state index in [2.05, 4.69) is 53.8 Å². The van der Waals surface area contributed by atoms with E-state index in [4.69, 9.17) is 5.73 Å². The van der Waals surface area contributed by atoms with Crippen LogP contribution in [0.4, 0.5) is 0 Å². The Bertz CT molecular complexity index is 239. The Hall–Kier alpha value is -0.0900. The summed E-state index contributed by atoms with van der Waals surface area (Å²) in [5, 5.41) is 0. The summed E-state index contributed by atoms with van der Waals surface area (Å²) < 4.78 is 1.29. The lowest BCUT2D eigenvalue weighted by Gasteiger charge is -2.11. The summed E-state index contributed by atoms with van der Waals surface area (Å²) in [6, 6.07) is 8.69. The fourth-order valence-corrected chi connectivity index (χ4v) is 1.71. The van der Waals surface area contributed by atoms with Gasteiger partial charge in [0.25, 0.3) is 0 Å². The lowest BCUT2D eigenvalue weighted by molar-refractivity contribution is 0.519. The van der Waals surface area contributed by atoms with Gasteiger partial charge in [-0.05, 0) is 59.2 Å². The van der Waals surface area contributed by atoms with E-state index >= 15 is 0 Å². The van der Waals surface area contributed by atoms with E-state index in [1.54, 1.807) is 0 Å². The molecular formula is C11H16IN. The Morgan fingerprint density at radius 1 is 1.31 bits per heavy atom. The van der Waals surface area contributed by atoms with Crippen molar-refractivity contribution in [2.45, 2.75) is 19.8 Å². The monoisotopic (exact) mass is 289 g/mol. The lowest BCUT2D eigenvalue weighted by Crippen LogP contribution is -2.15. The molecule has 72 valence electrons. The molecule has 0 fully saturated rings. The molecule has 0 bridgehead atoms. The van der Waals surface area contributed by atoms with Gasteiger partial charge < -0.3 is 5.73 Å². The van der Waals surface area contributed by atoms with Crippen LogP contribution in [0.1, 0.15) is 18.9 Å². The highest BCUT2D eigenvalue weighted by Crippen LogP contribution is 2.12. The fraction of sp³-hybridized carbons (Fsp3) is 0.455. The van der Waals surface area contributed by atoms with Gasteiger partial charge in [-0.25, -0.2) is 0 Å². The van der Waals surface area contributed by atoms with Gasteiger partial charge in [0, 0.05) is 3.57 Å². The van der Waals surface area contributed by atoms with E-state index in [0.717, 1.165) is 13.0 Å². The highest BCUT2D eigenvalue weighted by molar-refractivity contribution is 14.1. The van der Waals surface area contributed by atoms with Crippen molar-refractivity contribution < 1.29 is 0 Å². The number of halogens is 1. The smallest absolute Gasteiger partial charge is 0.0130 e. The molecule has 0 heterocycles. The summed E-state index contributed by atoms with van der Waals surface area (Å²) in [5.74, 6) is 0.639. The van der Waals surface area contributed by atoms with Gasteiger partial charge in [0.1, 0.15) is 0 Å². The largest absolute Gasteiger partial charge is 0.330 e. The summed E-state index contributed by atoms with van der Waals surface area (Å²) in [6.07, 6.45) is 2.28. The second kappa shape index (κ2) is 5.60. The average Bonchev–Trinajstić information content (AvgIpc) is 2.17. The minimum absolute atomic E-state index is 0.639. The molecule has 1 aromatic carbocycles. The van der Waals surface area contributed by atoms with Crippen LogP contribution in [-0.4, -0.2) is 6.54 Å². The highest BCUT2D eigenvalue weighted by Gasteiger charge is 2.04. The van der Waals surface area contributed by atoms with Crippen molar-refractivity contribution in [2.75, 3.05) is 6.54 Å². The van der Waals surface area contributed by atoms with Crippen LogP contribution in [0.15, 0.2) is 24.3 Å². The van der Waals surface area contributed by atoms with Gasteiger partial charge in [-0.3, -0.25) is 0 Å². The Morgan fingerprint density at radius 3 is 2.38 bits per heavy atom. The van der Waals surface area contributed by atoms with Gasteiger partial charge in [-0.15, -0.1) is 0 Å². The molecule has 1 rings (SSSR count). The van der Waals surface area contributed by atoms with Gasteiger partial charge >= 0.3 is 0 Å². The van der Waals surface area contributed by atoms with Crippen molar-refractivity contribution in [3.8, 4) is 0 Å². The van der Waals surface area contributed by atoms with Gasteiger partial charge in [-0.1, -0.05) is 25.5 Å². The maximum absolute atomic E-state index is 5.66. The van der Waals surface area contributed by atoms with Crippen molar-refractivity contribution in [3.05, 3.63) is 33.4 Å². The summed E-state index contributed by atoms with van der Waals surface area (Å²) in [7, 11) is 0. The molecule has 0 aliphatic heterocycles. The fourth-order valence-electron chi connectivity index (χ4n) is 1.35. The number of rotatable bonds is 4. The molecule has 0 aromatic heterocycles. The third-order valence-corrected chi connectivity index (χ3v) is 3.07. The van der Waals surface area contributed by atoms with Gasteiger partial charge in [0.15, 0.2) is 0 Å². The number of nitrogens with two attached hydrogens (primary N) is 1. The van der Waals surface area contributed by atoms with E-state index < -0.39 is 0 Å². The summed E-state index contributed by atoms with van der Waals surface area (Å²) in [5.41, 5.74) is 7.06. The van der Waals surface area contributed by atoms with Crippen LogP contribution in [0, 0.1) is 9.49 Å². The van der Waals surface area contributed by atoms with Gasteiger partial charge in [0.2, 0.25) is 0 Å². The van der Waals surface area contributed by atoms with E-state index in [-0.39, 0.29) is 0 Å². The maximum atomic E-state index is 5.66. The SMILES string of the molecule is CCC(CN)Cc1ccc(I)cc1. The summed E-state index contributed by atoms with van der Waals surface area (Å²) in [6.45, 7) is 2.99. The van der Waals surface area contributed by atoms with Crippen molar-refractivity contribution in [1.29, 1.82) is 0 Å². The Kier molecular flexibility index (Phi) is 4.73. The number of benzene rings is 1. The third kappa shape index (κ3) is 3.65. The molecule has 2 N–H and O–H groups in total. The first-order valence-corrected chi connectivity index (χ1v) is 5.78. The standard InChI is InChI=1S/C11H16IN/c1-2-9(8-13)7-10-3-5-11(12)6-4-10/h3-6,9H,2,7-8,13H2,1H3. The minimum Gasteiger partial charge on any atom is -0.330 e. The van der Waals surface area contributed by atoms with Crippen LogP contribution < -0.4 is 5.73 Å². The Morgan fingerprint density at radius 2 is 1.92 bits per heavy atom. The van der Waals surface area contributed by atoms with Crippen LogP contribution in [0.25, 0.3) is 0 Å². The maximum Gasteiger partial charge on any atom is 0.0130 e. The first-order chi connectivity index (χ1) is 6.26. The van der Waals surface area contributed by atoms with Gasteiger partial charge in [0.05, 0.1) is 0 Å². The number of hydrogen-bond donors (Lipinski definition) is 1. The molecule has 0 radical (unpaired) electrons. The van der Waals surface area contributed by atoms with E-state index in [1.165, 1.54) is 15.6 Å². The molecule has 2 heteroatoms. The zero-order valence-corrected chi connectivity index (χ0v) is 10.1. The quantitative estimate of drug-likeness (QED) is 0.847. The predicted octanol–water partition coefficient (Wildman–Crippen LogP) is 2.82. The number of hydrogen-bond acceptors (Lipinski definition) is 1. The second-order valence-electron chi connectivity index (χ2n) is 3.34. The molecule has 0 aliphatic rings. The minimum atomic E-state index is 0.639. The highest BCUT2D eigenvalue weighted by atomic mass is 127. The zero-order valence-electron chi connectivity index (χ0n) is 7.96. The van der Waals surface area contributed by atoms with Crippen molar-refractivity contribution in [2.24, 2.45) is 11.7 Å². The summed E-state index contributed by atoms with van der Waals surface area (Å²) >= 11 is 2.32. The normalized spacial score (nSPS) is 12.8. The molecule has 0 saturated carbocycles. The molecule has 1 aromatic rings. The molecule has 0 saturated heterocycles. The molecule has 1 unspecified atom stereocenters. The van der Waals surface area contributed by atoms with Crippen LogP contribution in [0.5, 0.6) is 0 Å². The molecule has 0 aliphatic carbocycles. The summed E-state index contributed by atoms with van der Waals surface area (Å²) in [4.78, 5) is 0. The molecule has 13 heavy (non-hydrogen) atoms. The van der Waals surface area contributed by atoms with Crippen LogP contribution in [0.2, 0.25) is 0 Å². The van der Waals surface area contributed by atoms with E-state index in [0.29, 0.717) is 5.92 Å². The molecule has 1 nitrogen and oxygen atoms in total. The molecule has 0 spiro atoms. The second-order valence-corrected chi connectivity index (χ2v) is 4.59. The Balaban J connectivity index is 2.58. The lowest BCUT2D eigenvalue weighted by atomic mass is 9.97. The van der Waals surface area contributed by atoms with Crippen LogP contribution in [-0.2, 0) is 6.42 Å². The van der Waals surface area contributed by atoms with Crippen LogP contribution >= 0.6 is 22.6 Å². The van der Waals surface area contributed by atoms with Crippen molar-refractivity contribution in [3.63, 3.8) is 0 Å². The van der Waals surface area contributed by atoms with Crippen LogP contribution in [0.3, 0.4) is 0 Å². The first kappa shape index (κ1) is 11.0. The zero-order chi connectivity index (χ0) is 9.68. The van der Waals surface area contributed by atoms with E-state index in [9.17, 15) is 0 Å². The van der Waals surface area contributed by atoms with Crippen molar-refractivity contribution >= 4 is 22.6 Å². The molecule has 1 atom stereocenters.